The van der Waals surface area contributed by atoms with Gasteiger partial charge in [0, 0.05) is 57.3 Å². The number of hydrogen-bond acceptors (Lipinski definition) is 27. The van der Waals surface area contributed by atoms with Crippen LogP contribution in [0.2, 0.25) is 0 Å². The Labute approximate surface area is 675 Å². The fourth-order valence-electron chi connectivity index (χ4n) is 17.1. The molecule has 4 saturated carbocycles. The number of phenols is 3. The summed E-state index contributed by atoms with van der Waals surface area (Å²) in [5.74, 6) is -7.08. The molecule has 0 radical (unpaired) electrons. The Balaban J connectivity index is 0.896. The molecular formula is C81H119N9O26. The topological polar surface area (TPSA) is 509 Å². The van der Waals surface area contributed by atoms with Crippen LogP contribution in [-0.2, 0) is 92.3 Å². The first-order chi connectivity index (χ1) is 55.5. The van der Waals surface area contributed by atoms with Gasteiger partial charge in [0.2, 0.25) is 35.4 Å². The molecule has 35 nitrogen and oxygen atoms in total. The minimum Gasteiger partial charge on any atom is -0.505 e. The molecule has 3 aromatic rings. The number of nitrogens with one attached hydrogen (secondary N) is 6. The molecule has 10 atom stereocenters. The smallest absolute Gasteiger partial charge is 0.306 e. The Bertz CT molecular complexity index is 3850. The van der Waals surface area contributed by atoms with Crippen molar-refractivity contribution in [3.8, 4) is 34.5 Å². The number of carbonyl (C=O) groups excluding carboxylic acids is 11. The highest BCUT2D eigenvalue weighted by atomic mass is 16.6. The average Bonchev–Trinajstić information content (AvgIpc) is 1.43. The SMILES string of the molecule is CCCCCCC(C)(OC(=O)CCC(=O)NCCOCCOCC(=O)Nc1ccc(OC)c(CN)c1O)C1CCC2C3CC(OC(=O)CCC(=O)NCCOCCOCC(=O)Nc4ccc(OC)c(C(N)=O)c4O)C4CC(OC(=O)CCC(=O)NCCOCCOCC(=O)Nc5ccc(OC)c(C(N)=O)c5O)CCC4(C)C3CCC21C. The monoisotopic (exact) mass is 1630 g/mol. The lowest BCUT2D eigenvalue weighted by Gasteiger charge is -2.63. The van der Waals surface area contributed by atoms with Crippen LogP contribution in [0, 0.1) is 40.4 Å². The van der Waals surface area contributed by atoms with Gasteiger partial charge in [0.1, 0.15) is 71.8 Å². The van der Waals surface area contributed by atoms with Crippen molar-refractivity contribution in [1.29, 1.82) is 0 Å². The molecule has 10 unspecified atom stereocenters. The van der Waals surface area contributed by atoms with E-state index in [1.54, 1.807) is 6.07 Å². The quantitative estimate of drug-likeness (QED) is 0.0136. The summed E-state index contributed by atoms with van der Waals surface area (Å²) in [6, 6.07) is 8.50. The van der Waals surface area contributed by atoms with Crippen molar-refractivity contribution < 1.29 is 125 Å². The maximum absolute atomic E-state index is 14.2. The van der Waals surface area contributed by atoms with E-state index in [2.05, 4.69) is 59.6 Å². The van der Waals surface area contributed by atoms with Crippen LogP contribution in [0.15, 0.2) is 36.4 Å². The van der Waals surface area contributed by atoms with E-state index in [9.17, 15) is 68.1 Å². The number of fused-ring (bicyclic) bond motifs is 5. The number of nitrogens with two attached hydrogens (primary N) is 3. The fraction of sp³-hybridized carbons (Fsp3) is 0.642. The summed E-state index contributed by atoms with van der Waals surface area (Å²) < 4.78 is 67.6. The van der Waals surface area contributed by atoms with Gasteiger partial charge in [0.25, 0.3) is 11.8 Å². The lowest BCUT2D eigenvalue weighted by atomic mass is 9.43. The predicted octanol–water partition coefficient (Wildman–Crippen LogP) is 5.86. The fourth-order valence-corrected chi connectivity index (χ4v) is 17.1. The summed E-state index contributed by atoms with van der Waals surface area (Å²) in [5, 5.41) is 47.2. The Morgan fingerprint density at radius 3 is 1.36 bits per heavy atom. The minimum absolute atomic E-state index is 0.00269. The van der Waals surface area contributed by atoms with Crippen LogP contribution in [0.1, 0.15) is 176 Å². The zero-order chi connectivity index (χ0) is 84.5. The number of phenolic OH excluding ortho intramolecular Hbond substituents is 1. The van der Waals surface area contributed by atoms with Gasteiger partial charge in [0.15, 0.2) is 11.5 Å². The molecule has 0 aliphatic heterocycles. The third-order valence-corrected chi connectivity index (χ3v) is 22.7. The molecule has 0 saturated heterocycles. The number of methoxy groups -OCH3 is 3. The van der Waals surface area contributed by atoms with E-state index in [0.717, 1.165) is 51.4 Å². The molecule has 15 N–H and O–H groups in total. The molecule has 116 heavy (non-hydrogen) atoms. The third kappa shape index (κ3) is 26.7. The molecule has 7 rings (SSSR count). The highest BCUT2D eigenvalue weighted by Gasteiger charge is 2.65. The number of benzene rings is 3. The second kappa shape index (κ2) is 46.3. The number of unbranched alkanes of at least 4 members (excludes halogenated alkanes) is 3. The average molecular weight is 1630 g/mol. The molecule has 0 heterocycles. The molecule has 3 aromatic carbocycles. The molecule has 4 aliphatic rings. The van der Waals surface area contributed by atoms with Crippen molar-refractivity contribution in [2.75, 3.05) is 136 Å². The summed E-state index contributed by atoms with van der Waals surface area (Å²) in [4.78, 5) is 142. The van der Waals surface area contributed by atoms with Gasteiger partial charge in [-0.1, -0.05) is 40.0 Å². The van der Waals surface area contributed by atoms with Crippen LogP contribution < -0.4 is 63.3 Å². The van der Waals surface area contributed by atoms with Crippen LogP contribution in [0.25, 0.3) is 0 Å². The van der Waals surface area contributed by atoms with Gasteiger partial charge in [-0.05, 0) is 136 Å². The van der Waals surface area contributed by atoms with Gasteiger partial charge in [-0.3, -0.25) is 52.7 Å². The van der Waals surface area contributed by atoms with Gasteiger partial charge < -0.3 is 121 Å². The molecule has 8 amide bonds. The predicted molar refractivity (Wildman–Crippen MR) is 420 cm³/mol. The van der Waals surface area contributed by atoms with E-state index < -0.39 is 102 Å². The Morgan fingerprint density at radius 2 is 0.905 bits per heavy atom. The highest BCUT2D eigenvalue weighted by Crippen LogP contribution is 2.69. The maximum atomic E-state index is 14.2. The van der Waals surface area contributed by atoms with E-state index >= 15 is 0 Å². The summed E-state index contributed by atoms with van der Waals surface area (Å²) in [6.45, 7) is 8.77. The van der Waals surface area contributed by atoms with Crippen LogP contribution in [0.4, 0.5) is 17.1 Å². The number of anilines is 3. The number of carbonyl (C=O) groups is 11. The Morgan fingerprint density at radius 1 is 0.474 bits per heavy atom. The molecular weight excluding hydrogens is 1510 g/mol. The van der Waals surface area contributed by atoms with E-state index in [1.165, 1.54) is 51.7 Å². The number of primary amides is 2. The summed E-state index contributed by atoms with van der Waals surface area (Å²) >= 11 is 0. The van der Waals surface area contributed by atoms with E-state index in [-0.39, 0.29) is 223 Å². The number of ether oxygens (including phenoxy) is 12. The number of amides is 8. The van der Waals surface area contributed by atoms with Crippen molar-refractivity contribution >= 4 is 82.2 Å². The van der Waals surface area contributed by atoms with Crippen molar-refractivity contribution in [2.24, 2.45) is 57.6 Å². The molecule has 0 bridgehead atoms. The largest absolute Gasteiger partial charge is 0.505 e. The summed E-state index contributed by atoms with van der Waals surface area (Å²) in [6.07, 6.45) is 7.79. The molecule has 35 heteroatoms. The second-order valence-electron chi connectivity index (χ2n) is 30.3. The number of rotatable bonds is 51. The Hall–Kier alpha value is -9.65. The summed E-state index contributed by atoms with van der Waals surface area (Å²) in [7, 11) is 4.04. The first-order valence-electron chi connectivity index (χ1n) is 39.8. The van der Waals surface area contributed by atoms with Crippen molar-refractivity contribution in [3.05, 3.63) is 53.1 Å². The molecule has 644 valence electrons. The minimum atomic E-state index is -0.953. The zero-order valence-electron chi connectivity index (χ0n) is 67.7. The van der Waals surface area contributed by atoms with Crippen molar-refractivity contribution in [3.63, 3.8) is 0 Å². The normalized spacial score (nSPS) is 21.0. The van der Waals surface area contributed by atoms with E-state index in [0.29, 0.717) is 43.4 Å². The van der Waals surface area contributed by atoms with Crippen LogP contribution in [0.5, 0.6) is 34.5 Å². The van der Waals surface area contributed by atoms with E-state index in [1.807, 2.05) is 0 Å². The van der Waals surface area contributed by atoms with Gasteiger partial charge in [-0.15, -0.1) is 0 Å². The van der Waals surface area contributed by atoms with Gasteiger partial charge in [0.05, 0.1) is 123 Å². The lowest BCUT2D eigenvalue weighted by Crippen LogP contribution is -2.60. The Kier molecular flexibility index (Phi) is 37.3. The number of hydrogen-bond donors (Lipinski definition) is 12. The van der Waals surface area contributed by atoms with E-state index in [4.69, 9.17) is 74.0 Å². The number of aromatic hydroxyl groups is 3. The molecule has 4 fully saturated rings. The maximum Gasteiger partial charge on any atom is 0.306 e. The van der Waals surface area contributed by atoms with Crippen LogP contribution >= 0.6 is 0 Å². The lowest BCUT2D eigenvalue weighted by molar-refractivity contribution is -0.204. The standard InChI is InChI=1S/C81H119N9O26/c1-8-9-10-11-28-81(4,116-71(99)25-22-65(93)87-33-36-110-37-40-111-46-66(94)88-55-13-16-58(105-5)51(45-82)74(55)100)62-19-12-52-50-44-61(115-70(98)24-21-64(92)86-32-35-109-39-42-113-48-68(96)90-57-15-18-60(107-7)73(76(57)102)78(84)104)54-43-49(26-29-79(54,2)53(50)27-30-80(52,62)3)114-69(97)23-20-63(91)85-31-34-108-38-41-112-47-67(95)89-56-14-17-59(106-6)72(75(56)101)77(83)103/h13-18,49-50,52-54,61-62,100-102H,8-12,19-48,82H2,1-7H3,(H2,83,103)(H2,84,104)(H,85,91)(H,86,92)(H,87,93)(H,88,94)(H,89,95)(H,90,96). The highest BCUT2D eigenvalue weighted by molar-refractivity contribution is 6.04. The van der Waals surface area contributed by atoms with Crippen molar-refractivity contribution in [1.82, 2.24) is 16.0 Å². The van der Waals surface area contributed by atoms with Gasteiger partial charge in [-0.2, -0.15) is 0 Å². The zero-order valence-corrected chi connectivity index (χ0v) is 67.7. The number of esters is 3. The van der Waals surface area contributed by atoms with Crippen LogP contribution in [0.3, 0.4) is 0 Å². The van der Waals surface area contributed by atoms with Gasteiger partial charge >= 0.3 is 17.9 Å². The van der Waals surface area contributed by atoms with Gasteiger partial charge in [-0.25, -0.2) is 0 Å². The molecule has 0 spiro atoms. The first kappa shape index (κ1) is 93.5. The second-order valence-corrected chi connectivity index (χ2v) is 30.3. The van der Waals surface area contributed by atoms with Crippen molar-refractivity contribution in [2.45, 2.75) is 174 Å². The third-order valence-electron chi connectivity index (χ3n) is 22.7. The first-order valence-corrected chi connectivity index (χ1v) is 39.8. The summed E-state index contributed by atoms with van der Waals surface area (Å²) in [5.41, 5.74) is 14.7. The molecule has 0 aromatic heterocycles. The molecule has 4 aliphatic carbocycles. The van der Waals surface area contributed by atoms with Crippen LogP contribution in [-0.4, -0.2) is 219 Å².